The highest BCUT2D eigenvalue weighted by molar-refractivity contribution is 6.32. The molecule has 0 spiro atoms. The average molecular weight is 262 g/mol. The fourth-order valence-electron chi connectivity index (χ4n) is 1.75. The highest BCUT2D eigenvalue weighted by Gasteiger charge is 2.17. The molecular weight excluding hydrogens is 249 g/mol. The van der Waals surface area contributed by atoms with E-state index in [1.807, 2.05) is 0 Å². The van der Waals surface area contributed by atoms with Gasteiger partial charge in [-0.3, -0.25) is 0 Å². The average Bonchev–Trinajstić information content (AvgIpc) is 2.47. The van der Waals surface area contributed by atoms with Crippen LogP contribution in [0.1, 0.15) is 6.42 Å². The lowest BCUT2D eigenvalue weighted by molar-refractivity contribution is 0.360. The molecule has 1 fully saturated rings. The van der Waals surface area contributed by atoms with E-state index in [4.69, 9.17) is 23.2 Å². The van der Waals surface area contributed by atoms with Crippen LogP contribution in [0.2, 0.25) is 10.4 Å². The maximum absolute atomic E-state index is 5.97. The van der Waals surface area contributed by atoms with E-state index in [0.29, 0.717) is 11.0 Å². The Bertz CT molecular complexity index is 373. The second-order valence-corrected chi connectivity index (χ2v) is 4.54. The minimum absolute atomic E-state index is 0.136. The van der Waals surface area contributed by atoms with Gasteiger partial charge in [0.2, 0.25) is 5.28 Å². The van der Waals surface area contributed by atoms with Crippen LogP contribution in [0.4, 0.5) is 5.82 Å². The second-order valence-electron chi connectivity index (χ2n) is 3.84. The van der Waals surface area contributed by atoms with Crippen molar-refractivity contribution in [1.82, 2.24) is 20.1 Å². The molecular formula is C9H13Cl2N5. The molecule has 7 heteroatoms. The molecule has 2 rings (SSSR count). The molecule has 0 unspecified atom stereocenters. The maximum Gasteiger partial charge on any atom is 0.245 e. The van der Waals surface area contributed by atoms with Gasteiger partial charge in [-0.15, -0.1) is 10.2 Å². The van der Waals surface area contributed by atoms with Crippen molar-refractivity contribution < 1.29 is 0 Å². The first-order valence-corrected chi connectivity index (χ1v) is 5.91. The molecule has 2 heterocycles. The molecule has 0 saturated carbocycles. The highest BCUT2D eigenvalue weighted by Crippen LogP contribution is 2.22. The van der Waals surface area contributed by atoms with Crippen LogP contribution in [0.5, 0.6) is 0 Å². The topological polar surface area (TPSA) is 45.2 Å². The summed E-state index contributed by atoms with van der Waals surface area (Å²) in [5.41, 5.74) is 0. The summed E-state index contributed by atoms with van der Waals surface area (Å²) in [6.07, 6.45) is 1.08. The summed E-state index contributed by atoms with van der Waals surface area (Å²) in [5, 5.41) is 7.83. The third-order valence-corrected chi connectivity index (χ3v) is 3.03. The molecule has 1 aromatic rings. The van der Waals surface area contributed by atoms with Gasteiger partial charge in [-0.25, -0.2) is 0 Å². The summed E-state index contributed by atoms with van der Waals surface area (Å²) in [7, 11) is 2.11. The van der Waals surface area contributed by atoms with Gasteiger partial charge in [0.1, 0.15) is 0 Å². The van der Waals surface area contributed by atoms with Crippen LogP contribution in [0.15, 0.2) is 0 Å². The first-order chi connectivity index (χ1) is 7.66. The first-order valence-electron chi connectivity index (χ1n) is 5.16. The van der Waals surface area contributed by atoms with E-state index in [9.17, 15) is 0 Å². The van der Waals surface area contributed by atoms with Crippen LogP contribution < -0.4 is 4.90 Å². The monoisotopic (exact) mass is 261 g/mol. The van der Waals surface area contributed by atoms with Gasteiger partial charge < -0.3 is 9.80 Å². The molecule has 0 atom stereocenters. The predicted octanol–water partition coefficient (Wildman–Crippen LogP) is 1.32. The molecule has 0 amide bonds. The van der Waals surface area contributed by atoms with Gasteiger partial charge in [0.25, 0.3) is 0 Å². The predicted molar refractivity (Wildman–Crippen MR) is 64.2 cm³/mol. The maximum atomic E-state index is 5.97. The fourth-order valence-corrected chi connectivity index (χ4v) is 2.06. The smallest absolute Gasteiger partial charge is 0.245 e. The van der Waals surface area contributed by atoms with Gasteiger partial charge >= 0.3 is 0 Å². The van der Waals surface area contributed by atoms with E-state index in [1.54, 1.807) is 0 Å². The van der Waals surface area contributed by atoms with E-state index in [2.05, 4.69) is 32.0 Å². The van der Waals surface area contributed by atoms with E-state index < -0.39 is 0 Å². The zero-order valence-corrected chi connectivity index (χ0v) is 10.5. The quantitative estimate of drug-likeness (QED) is 0.763. The number of likely N-dealkylation sites (N-methyl/N-ethyl adjacent to an activating group) is 1. The van der Waals surface area contributed by atoms with Crippen LogP contribution in [-0.4, -0.2) is 53.3 Å². The van der Waals surface area contributed by atoms with Crippen molar-refractivity contribution in [1.29, 1.82) is 0 Å². The normalized spacial score (nSPS) is 18.6. The number of anilines is 1. The van der Waals surface area contributed by atoms with E-state index in [0.717, 1.165) is 32.6 Å². The zero-order chi connectivity index (χ0) is 11.5. The van der Waals surface area contributed by atoms with Crippen molar-refractivity contribution in [2.45, 2.75) is 6.42 Å². The molecule has 0 aliphatic carbocycles. The van der Waals surface area contributed by atoms with E-state index in [1.165, 1.54) is 0 Å². The Morgan fingerprint density at radius 1 is 1.06 bits per heavy atom. The molecule has 1 saturated heterocycles. The molecule has 1 aliphatic heterocycles. The number of hydrogen-bond acceptors (Lipinski definition) is 5. The van der Waals surface area contributed by atoms with Gasteiger partial charge in [-0.05, 0) is 31.6 Å². The summed E-state index contributed by atoms with van der Waals surface area (Å²) in [6, 6.07) is 0. The van der Waals surface area contributed by atoms with Crippen molar-refractivity contribution in [3.8, 4) is 0 Å². The summed E-state index contributed by atoms with van der Waals surface area (Å²) >= 11 is 11.7. The lowest BCUT2D eigenvalue weighted by Crippen LogP contribution is -2.29. The molecule has 16 heavy (non-hydrogen) atoms. The minimum atomic E-state index is 0.136. The second kappa shape index (κ2) is 5.12. The van der Waals surface area contributed by atoms with Crippen molar-refractivity contribution in [2.75, 3.05) is 38.1 Å². The van der Waals surface area contributed by atoms with Crippen LogP contribution in [0.25, 0.3) is 0 Å². The third kappa shape index (κ3) is 2.72. The Morgan fingerprint density at radius 3 is 2.69 bits per heavy atom. The van der Waals surface area contributed by atoms with E-state index >= 15 is 0 Å². The number of halogens is 2. The molecule has 0 bridgehead atoms. The first kappa shape index (κ1) is 11.8. The van der Waals surface area contributed by atoms with Crippen molar-refractivity contribution in [2.24, 2.45) is 0 Å². The molecule has 1 aromatic heterocycles. The SMILES string of the molecule is CN1CCCN(c2nc(Cl)nnc2Cl)CC1. The van der Waals surface area contributed by atoms with Gasteiger partial charge in [0, 0.05) is 19.6 Å². The molecule has 1 aliphatic rings. The van der Waals surface area contributed by atoms with Crippen molar-refractivity contribution in [3.05, 3.63) is 10.4 Å². The minimum Gasteiger partial charge on any atom is -0.353 e. The molecule has 88 valence electrons. The Labute approximate surface area is 104 Å². The van der Waals surface area contributed by atoms with Crippen molar-refractivity contribution in [3.63, 3.8) is 0 Å². The zero-order valence-electron chi connectivity index (χ0n) is 9.03. The Balaban J connectivity index is 2.19. The summed E-state index contributed by atoms with van der Waals surface area (Å²) in [4.78, 5) is 8.52. The van der Waals surface area contributed by atoms with Gasteiger partial charge in [-0.2, -0.15) is 4.98 Å². The van der Waals surface area contributed by atoms with Gasteiger partial charge in [0.05, 0.1) is 0 Å². The van der Waals surface area contributed by atoms with Crippen LogP contribution in [0.3, 0.4) is 0 Å². The largest absolute Gasteiger partial charge is 0.353 e. The summed E-state index contributed by atoms with van der Waals surface area (Å²) < 4.78 is 0. The Morgan fingerprint density at radius 2 is 1.88 bits per heavy atom. The standard InChI is InChI=1S/C9H13Cl2N5/c1-15-3-2-4-16(6-5-15)8-7(10)13-14-9(11)12-8/h2-6H2,1H3. The fraction of sp³-hybridized carbons (Fsp3) is 0.667. The van der Waals surface area contributed by atoms with Gasteiger partial charge in [0.15, 0.2) is 11.0 Å². The van der Waals surface area contributed by atoms with E-state index in [-0.39, 0.29) is 5.28 Å². The molecule has 5 nitrogen and oxygen atoms in total. The number of rotatable bonds is 1. The lowest BCUT2D eigenvalue weighted by atomic mass is 10.4. The van der Waals surface area contributed by atoms with Crippen LogP contribution in [0, 0.1) is 0 Å². The Hall–Kier alpha value is -0.650. The number of hydrogen-bond donors (Lipinski definition) is 0. The van der Waals surface area contributed by atoms with Crippen LogP contribution in [-0.2, 0) is 0 Å². The molecule has 0 radical (unpaired) electrons. The molecule has 0 aromatic carbocycles. The number of nitrogens with zero attached hydrogens (tertiary/aromatic N) is 5. The Kier molecular flexibility index (Phi) is 3.78. The van der Waals surface area contributed by atoms with Gasteiger partial charge in [-0.1, -0.05) is 11.6 Å². The highest BCUT2D eigenvalue weighted by atomic mass is 35.5. The molecule has 0 N–H and O–H groups in total. The number of aromatic nitrogens is 3. The van der Waals surface area contributed by atoms with Crippen LogP contribution >= 0.6 is 23.2 Å². The lowest BCUT2D eigenvalue weighted by Gasteiger charge is -2.21. The summed E-state index contributed by atoms with van der Waals surface area (Å²) in [5.74, 6) is 0.636. The van der Waals surface area contributed by atoms with Crippen molar-refractivity contribution >= 4 is 29.0 Å². The summed E-state index contributed by atoms with van der Waals surface area (Å²) in [6.45, 7) is 3.86. The third-order valence-electron chi connectivity index (χ3n) is 2.62.